The number of carboxylic acids is 1. The third-order valence-electron chi connectivity index (χ3n) is 13.6. The lowest BCUT2D eigenvalue weighted by molar-refractivity contribution is -0.310. The SMILES string of the molecule is C[C@@H]1[C@H](O)[C@@H](C)/C=C/C=C/C=C/C=C/C=C/C=C/C=C/[C@H](O[C@@H]2O[C@H](C)[C@@H](O)[C@H](NC(=O)C(N)CCCCN)[C@@H]2O)CC2O[C@](O)(C[C@@H](O)C(O)CC[C@@H](O)CC(O)C[C@@H](O)CC(=O)O[C@H]1C)C[C@H](O)[C@H]2C(=O)O. The van der Waals surface area contributed by atoms with Crippen molar-refractivity contribution in [1.82, 2.24) is 5.32 Å². The summed E-state index contributed by atoms with van der Waals surface area (Å²) in [5.74, 6) is -7.73. The summed E-state index contributed by atoms with van der Waals surface area (Å²) in [5.41, 5.74) is 11.6. The van der Waals surface area contributed by atoms with Crippen LogP contribution in [0.1, 0.15) is 98.3 Å². The van der Waals surface area contributed by atoms with Gasteiger partial charge in [0.1, 0.15) is 24.2 Å². The van der Waals surface area contributed by atoms with Crippen LogP contribution < -0.4 is 16.8 Å². The molecule has 21 heteroatoms. The Morgan fingerprint density at radius 3 is 1.88 bits per heavy atom. The molecular formula is C53H85N3O18. The van der Waals surface area contributed by atoms with E-state index in [1.807, 2.05) is 13.0 Å². The third kappa shape index (κ3) is 21.9. The zero-order valence-corrected chi connectivity index (χ0v) is 43.0. The second-order valence-electron chi connectivity index (χ2n) is 19.9. The molecule has 3 aliphatic heterocycles. The molecule has 0 aliphatic carbocycles. The van der Waals surface area contributed by atoms with E-state index in [0.717, 1.165) is 0 Å². The average Bonchev–Trinajstić information content (AvgIpc) is 3.32. The standard InChI is InChI=1S/C53H85N3O18/c1-31-19-15-13-11-9-7-5-6-8-10-12-14-16-20-38(73-52-49(66)46(48(65)34(4)72-52)56-50(67)39(55)21-17-18-24-54)28-43-45(51(68)69)42(62)30-53(70,74-43)29-41(61)40(60)23-22-35(57)25-36(58)26-37(59)27-44(63)71-33(3)32(2)47(31)64/h5-16,19-20,31-43,45-49,52,57-62,64-66,70H,17-18,21-30,54-55H2,1-4H3,(H,56,67)(H,68,69)/b6-5+,9-7+,10-8+,13-11+,14-12+,19-15+,20-16+/t31-,32-,33-,34+,35+,36?,37+,38-,39?,40?,41+,42-,43?,45+,46-,47+,48+,49-,52-,53+/m0/s1. The molecule has 420 valence electrons. The lowest BCUT2D eigenvalue weighted by Crippen LogP contribution is -2.65. The van der Waals surface area contributed by atoms with E-state index in [-0.39, 0.29) is 31.6 Å². The number of amides is 1. The molecule has 20 atom stereocenters. The number of nitrogens with one attached hydrogen (secondary N) is 1. The van der Waals surface area contributed by atoms with E-state index in [1.54, 1.807) is 86.8 Å². The molecule has 2 bridgehead atoms. The number of allylic oxidation sites excluding steroid dienone is 12. The number of rotatable bonds is 9. The summed E-state index contributed by atoms with van der Waals surface area (Å²) in [6.45, 7) is 7.09. The van der Waals surface area contributed by atoms with Crippen LogP contribution in [0.2, 0.25) is 0 Å². The number of ether oxygens (including phenoxy) is 4. The van der Waals surface area contributed by atoms with E-state index < -0.39 is 159 Å². The number of carbonyl (C=O) groups is 3. The maximum Gasteiger partial charge on any atom is 0.311 e. The first-order chi connectivity index (χ1) is 35.0. The van der Waals surface area contributed by atoms with Crippen LogP contribution in [0.3, 0.4) is 0 Å². The van der Waals surface area contributed by atoms with E-state index in [2.05, 4.69) is 5.32 Å². The van der Waals surface area contributed by atoms with Crippen LogP contribution >= 0.6 is 0 Å². The summed E-state index contributed by atoms with van der Waals surface area (Å²) < 4.78 is 23.5. The van der Waals surface area contributed by atoms with Gasteiger partial charge in [-0.2, -0.15) is 0 Å². The van der Waals surface area contributed by atoms with Crippen molar-refractivity contribution in [2.45, 2.75) is 202 Å². The predicted molar refractivity (Wildman–Crippen MR) is 272 cm³/mol. The van der Waals surface area contributed by atoms with Gasteiger partial charge in [-0.1, -0.05) is 105 Å². The summed E-state index contributed by atoms with van der Waals surface area (Å²) >= 11 is 0. The fourth-order valence-corrected chi connectivity index (χ4v) is 9.00. The second-order valence-corrected chi connectivity index (χ2v) is 19.9. The van der Waals surface area contributed by atoms with Gasteiger partial charge in [-0.15, -0.1) is 0 Å². The minimum atomic E-state index is -2.42. The number of aliphatic hydroxyl groups is 10. The van der Waals surface area contributed by atoms with Gasteiger partial charge < -0.3 is 91.9 Å². The zero-order valence-electron chi connectivity index (χ0n) is 43.0. The molecule has 16 N–H and O–H groups in total. The minimum absolute atomic E-state index is 0.166. The number of fused-ring (bicyclic) bond motifs is 2. The molecule has 0 radical (unpaired) electrons. The molecule has 74 heavy (non-hydrogen) atoms. The number of hydrogen-bond acceptors (Lipinski definition) is 19. The normalized spacial score (nSPS) is 41.8. The lowest BCUT2D eigenvalue weighted by Gasteiger charge is -2.45. The quantitative estimate of drug-likeness (QED) is 0.109. The summed E-state index contributed by atoms with van der Waals surface area (Å²) in [4.78, 5) is 38.4. The number of cyclic esters (lactones) is 1. The van der Waals surface area contributed by atoms with E-state index in [4.69, 9.17) is 30.4 Å². The van der Waals surface area contributed by atoms with Gasteiger partial charge in [0.05, 0.1) is 79.5 Å². The Hall–Kier alpha value is -4.01. The molecule has 21 nitrogen and oxygen atoms in total. The number of hydrogen-bond donors (Lipinski definition) is 14. The molecule has 3 aliphatic rings. The predicted octanol–water partition coefficient (Wildman–Crippen LogP) is 0.326. The Morgan fingerprint density at radius 2 is 1.28 bits per heavy atom. The highest BCUT2D eigenvalue weighted by Crippen LogP contribution is 2.38. The largest absolute Gasteiger partial charge is 0.481 e. The van der Waals surface area contributed by atoms with Gasteiger partial charge in [-0.05, 0) is 58.9 Å². The van der Waals surface area contributed by atoms with Gasteiger partial charge in [0, 0.05) is 31.1 Å². The van der Waals surface area contributed by atoms with Gasteiger partial charge in [-0.3, -0.25) is 14.4 Å². The van der Waals surface area contributed by atoms with E-state index in [0.29, 0.717) is 25.8 Å². The fourth-order valence-electron chi connectivity index (χ4n) is 9.00. The van der Waals surface area contributed by atoms with Gasteiger partial charge >= 0.3 is 11.9 Å². The Labute approximate surface area is 434 Å². The van der Waals surface area contributed by atoms with Crippen molar-refractivity contribution in [3.05, 3.63) is 85.1 Å². The van der Waals surface area contributed by atoms with Gasteiger partial charge in [0.2, 0.25) is 5.91 Å². The van der Waals surface area contributed by atoms with E-state index >= 15 is 0 Å². The molecular weight excluding hydrogens is 967 g/mol. The number of aliphatic carboxylic acids is 1. The number of aliphatic hydroxyl groups excluding tert-OH is 9. The Bertz CT molecular complexity index is 1910. The molecule has 3 heterocycles. The molecule has 0 aromatic heterocycles. The second kappa shape index (κ2) is 32.5. The van der Waals surface area contributed by atoms with E-state index in [9.17, 15) is 70.6 Å². The number of carboxylic acid groups (broad SMARTS) is 1. The highest BCUT2D eigenvalue weighted by atomic mass is 16.7. The molecule has 2 fully saturated rings. The average molecular weight is 1050 g/mol. The summed E-state index contributed by atoms with van der Waals surface area (Å²) in [6.07, 6.45) is 3.36. The first kappa shape index (κ1) is 64.3. The summed E-state index contributed by atoms with van der Waals surface area (Å²) in [5, 5.41) is 123. The molecule has 2 saturated heterocycles. The van der Waals surface area contributed by atoms with Crippen LogP contribution in [0.5, 0.6) is 0 Å². The number of carbonyl (C=O) groups excluding carboxylic acids is 2. The molecule has 0 aromatic rings. The molecule has 1 amide bonds. The first-order valence-electron chi connectivity index (χ1n) is 25.7. The maximum atomic E-state index is 13.1. The lowest BCUT2D eigenvalue weighted by atomic mass is 9.82. The van der Waals surface area contributed by atoms with Crippen LogP contribution in [0, 0.1) is 17.8 Å². The Balaban J connectivity index is 1.92. The van der Waals surface area contributed by atoms with Crippen molar-refractivity contribution in [2.75, 3.05) is 6.54 Å². The minimum Gasteiger partial charge on any atom is -0.481 e. The van der Waals surface area contributed by atoms with Crippen LogP contribution in [0.15, 0.2) is 85.1 Å². The van der Waals surface area contributed by atoms with Gasteiger partial charge in [0.15, 0.2) is 12.1 Å². The van der Waals surface area contributed by atoms with Crippen LogP contribution in [-0.4, -0.2) is 184 Å². The molecule has 0 spiro atoms. The molecule has 3 rings (SSSR count). The van der Waals surface area contributed by atoms with Crippen molar-refractivity contribution in [1.29, 1.82) is 0 Å². The highest BCUT2D eigenvalue weighted by Gasteiger charge is 2.51. The van der Waals surface area contributed by atoms with Crippen molar-refractivity contribution in [3.63, 3.8) is 0 Å². The smallest absolute Gasteiger partial charge is 0.311 e. The highest BCUT2D eigenvalue weighted by molar-refractivity contribution is 5.81. The van der Waals surface area contributed by atoms with Crippen molar-refractivity contribution >= 4 is 17.8 Å². The summed E-state index contributed by atoms with van der Waals surface area (Å²) in [7, 11) is 0. The summed E-state index contributed by atoms with van der Waals surface area (Å²) in [6, 6.07) is -2.30. The van der Waals surface area contributed by atoms with Crippen molar-refractivity contribution < 1.29 is 89.5 Å². The molecule has 0 saturated carbocycles. The number of nitrogens with two attached hydrogens (primary N) is 2. The number of esters is 1. The molecule has 4 unspecified atom stereocenters. The number of unbranched alkanes of at least 4 members (excludes halogenated alkanes) is 1. The van der Waals surface area contributed by atoms with Crippen molar-refractivity contribution in [2.24, 2.45) is 29.2 Å². The van der Waals surface area contributed by atoms with Crippen LogP contribution in [0.25, 0.3) is 0 Å². The zero-order chi connectivity index (χ0) is 55.1. The van der Waals surface area contributed by atoms with E-state index in [1.165, 1.54) is 13.0 Å². The van der Waals surface area contributed by atoms with Gasteiger partial charge in [0.25, 0.3) is 0 Å². The van der Waals surface area contributed by atoms with Crippen LogP contribution in [-0.2, 0) is 33.3 Å². The van der Waals surface area contributed by atoms with Crippen LogP contribution in [0.4, 0.5) is 0 Å². The maximum absolute atomic E-state index is 13.1. The monoisotopic (exact) mass is 1050 g/mol. The fraction of sp³-hybridized carbons (Fsp3) is 0.679. The first-order valence-corrected chi connectivity index (χ1v) is 25.7. The van der Waals surface area contributed by atoms with Gasteiger partial charge in [-0.25, -0.2) is 0 Å². The van der Waals surface area contributed by atoms with Crippen molar-refractivity contribution in [3.8, 4) is 0 Å². The topological polar surface area (TPSA) is 375 Å². The molecule has 0 aromatic carbocycles. The Kier molecular flexibility index (Phi) is 28.3. The third-order valence-corrected chi connectivity index (χ3v) is 13.6. The Morgan fingerprint density at radius 1 is 0.716 bits per heavy atom.